The fourth-order valence-corrected chi connectivity index (χ4v) is 2.87. The van der Waals surface area contributed by atoms with E-state index in [9.17, 15) is 0 Å². The van der Waals surface area contributed by atoms with Gasteiger partial charge in [-0.15, -0.1) is 0 Å². The van der Waals surface area contributed by atoms with Crippen molar-refractivity contribution in [2.75, 3.05) is 5.01 Å². The minimum Gasteiger partial charge on any atom is -0.302 e. The van der Waals surface area contributed by atoms with E-state index >= 15 is 0 Å². The normalized spacial score (nSPS) is 10.8. The van der Waals surface area contributed by atoms with Crippen molar-refractivity contribution in [1.82, 2.24) is 14.6 Å². The van der Waals surface area contributed by atoms with E-state index in [1.54, 1.807) is 6.20 Å². The van der Waals surface area contributed by atoms with Crippen LogP contribution in [0.1, 0.15) is 11.1 Å². The predicted octanol–water partition coefficient (Wildman–Crippen LogP) is 3.77. The second-order valence-electron chi connectivity index (χ2n) is 5.75. The van der Waals surface area contributed by atoms with Gasteiger partial charge in [-0.3, -0.25) is 4.98 Å². The Morgan fingerprint density at radius 2 is 1.42 bits per heavy atom. The van der Waals surface area contributed by atoms with Crippen LogP contribution in [0, 0.1) is 0 Å². The van der Waals surface area contributed by atoms with E-state index in [1.165, 1.54) is 11.1 Å². The average Bonchev–Trinajstić information content (AvgIpc) is 3.07. The van der Waals surface area contributed by atoms with Crippen molar-refractivity contribution in [3.8, 4) is 0 Å². The maximum absolute atomic E-state index is 4.48. The van der Waals surface area contributed by atoms with Crippen molar-refractivity contribution in [3.63, 3.8) is 0 Å². The number of pyridine rings is 1. The Hall–Kier alpha value is -3.14. The van der Waals surface area contributed by atoms with E-state index in [2.05, 4.69) is 68.2 Å². The molecule has 0 fully saturated rings. The molecule has 0 aliphatic rings. The van der Waals surface area contributed by atoms with Crippen molar-refractivity contribution in [1.29, 1.82) is 0 Å². The first-order valence-electron chi connectivity index (χ1n) is 8.00. The van der Waals surface area contributed by atoms with Gasteiger partial charge in [0.15, 0.2) is 0 Å². The van der Waals surface area contributed by atoms with Gasteiger partial charge in [0.05, 0.1) is 24.8 Å². The predicted molar refractivity (Wildman–Crippen MR) is 96.0 cm³/mol. The lowest BCUT2D eigenvalue weighted by atomic mass is 10.2. The van der Waals surface area contributed by atoms with Crippen LogP contribution in [0.2, 0.25) is 0 Å². The first kappa shape index (κ1) is 14.5. The molecule has 0 aliphatic heterocycles. The lowest BCUT2D eigenvalue weighted by Gasteiger charge is -2.26. The summed E-state index contributed by atoms with van der Waals surface area (Å²) in [6.45, 7) is 1.62. The Morgan fingerprint density at radius 3 is 2.04 bits per heavy atom. The quantitative estimate of drug-likeness (QED) is 0.562. The maximum Gasteiger partial charge on any atom is 0.116 e. The van der Waals surface area contributed by atoms with Crippen LogP contribution in [0.3, 0.4) is 0 Å². The summed E-state index contributed by atoms with van der Waals surface area (Å²) < 4.78 is 2.12. The summed E-state index contributed by atoms with van der Waals surface area (Å²) in [6.07, 6.45) is 5.48. The standard InChI is InChI=1S/C20H18N4/c1-3-7-17(8-4-1)14-23(15-18-9-5-2-6-10-18)24-16-22-19-13-21-12-11-20(19)24/h1-13,16H,14-15H2. The number of hydrogen-bond acceptors (Lipinski definition) is 3. The van der Waals surface area contributed by atoms with Crippen LogP contribution >= 0.6 is 0 Å². The third kappa shape index (κ3) is 2.99. The zero-order valence-electron chi connectivity index (χ0n) is 13.3. The molecule has 0 atom stereocenters. The van der Waals surface area contributed by atoms with Crippen LogP contribution in [-0.2, 0) is 13.1 Å². The van der Waals surface area contributed by atoms with E-state index in [4.69, 9.17) is 0 Å². The van der Waals surface area contributed by atoms with Crippen LogP contribution in [-0.4, -0.2) is 14.6 Å². The molecule has 0 radical (unpaired) electrons. The van der Waals surface area contributed by atoms with Crippen molar-refractivity contribution < 1.29 is 0 Å². The second kappa shape index (κ2) is 6.54. The molecule has 0 spiro atoms. The Bertz CT molecular complexity index is 874. The smallest absolute Gasteiger partial charge is 0.116 e. The van der Waals surface area contributed by atoms with Crippen LogP contribution < -0.4 is 5.01 Å². The lowest BCUT2D eigenvalue weighted by molar-refractivity contribution is 0.590. The van der Waals surface area contributed by atoms with Gasteiger partial charge in [0.2, 0.25) is 0 Å². The highest BCUT2D eigenvalue weighted by Crippen LogP contribution is 2.15. The molecular weight excluding hydrogens is 296 g/mol. The molecule has 0 saturated heterocycles. The summed E-state index contributed by atoms with van der Waals surface area (Å²) in [7, 11) is 0. The number of rotatable bonds is 5. The third-order valence-electron chi connectivity index (χ3n) is 4.05. The molecule has 0 aliphatic carbocycles. The highest BCUT2D eigenvalue weighted by Gasteiger charge is 2.11. The van der Waals surface area contributed by atoms with Crippen molar-refractivity contribution >= 4 is 11.0 Å². The molecule has 0 bridgehead atoms. The highest BCUT2D eigenvalue weighted by molar-refractivity contribution is 5.74. The number of nitrogens with zero attached hydrogens (tertiary/aromatic N) is 4. The first-order chi connectivity index (χ1) is 11.9. The van der Waals surface area contributed by atoms with Crippen LogP contribution in [0.5, 0.6) is 0 Å². The van der Waals surface area contributed by atoms with Crippen LogP contribution in [0.15, 0.2) is 85.5 Å². The van der Waals surface area contributed by atoms with E-state index < -0.39 is 0 Å². The minimum absolute atomic E-state index is 0.809. The molecule has 0 saturated carbocycles. The van der Waals surface area contributed by atoms with Gasteiger partial charge in [0.1, 0.15) is 11.8 Å². The van der Waals surface area contributed by atoms with Crippen molar-refractivity contribution in [3.05, 3.63) is 96.6 Å². The number of hydrogen-bond donors (Lipinski definition) is 0. The highest BCUT2D eigenvalue weighted by atomic mass is 15.6. The number of fused-ring (bicyclic) bond motifs is 1. The topological polar surface area (TPSA) is 34.0 Å². The molecule has 4 rings (SSSR count). The number of benzene rings is 2. The summed E-state index contributed by atoms with van der Waals surface area (Å²) in [6, 6.07) is 23.0. The molecule has 0 unspecified atom stereocenters. The fraction of sp³-hybridized carbons (Fsp3) is 0.100. The summed E-state index contributed by atoms with van der Waals surface area (Å²) in [5.74, 6) is 0. The van der Waals surface area contributed by atoms with E-state index in [0.717, 1.165) is 24.1 Å². The van der Waals surface area contributed by atoms with Gasteiger partial charge in [-0.1, -0.05) is 60.7 Å². The molecule has 2 aromatic carbocycles. The van der Waals surface area contributed by atoms with E-state index in [1.807, 2.05) is 30.7 Å². The summed E-state index contributed by atoms with van der Waals surface area (Å²) in [5, 5.41) is 2.29. The summed E-state index contributed by atoms with van der Waals surface area (Å²) >= 11 is 0. The first-order valence-corrected chi connectivity index (χ1v) is 8.00. The largest absolute Gasteiger partial charge is 0.302 e. The summed E-state index contributed by atoms with van der Waals surface area (Å²) in [5.41, 5.74) is 4.51. The Morgan fingerprint density at radius 1 is 0.792 bits per heavy atom. The minimum atomic E-state index is 0.809. The molecule has 0 amide bonds. The van der Waals surface area contributed by atoms with Gasteiger partial charge < -0.3 is 5.01 Å². The van der Waals surface area contributed by atoms with Gasteiger partial charge in [0.25, 0.3) is 0 Å². The van der Waals surface area contributed by atoms with Gasteiger partial charge >= 0.3 is 0 Å². The lowest BCUT2D eigenvalue weighted by Crippen LogP contribution is -2.32. The molecule has 4 nitrogen and oxygen atoms in total. The van der Waals surface area contributed by atoms with E-state index in [-0.39, 0.29) is 0 Å². The maximum atomic E-state index is 4.48. The molecular formula is C20H18N4. The van der Waals surface area contributed by atoms with Gasteiger partial charge in [-0.25, -0.2) is 9.66 Å². The summed E-state index contributed by atoms with van der Waals surface area (Å²) in [4.78, 5) is 8.64. The molecule has 4 heteroatoms. The molecule has 2 heterocycles. The number of aromatic nitrogens is 3. The monoisotopic (exact) mass is 314 g/mol. The molecule has 0 N–H and O–H groups in total. The third-order valence-corrected chi connectivity index (χ3v) is 4.05. The van der Waals surface area contributed by atoms with E-state index in [0.29, 0.717) is 0 Å². The number of imidazole rings is 1. The van der Waals surface area contributed by atoms with Gasteiger partial charge in [-0.2, -0.15) is 0 Å². The average molecular weight is 314 g/mol. The van der Waals surface area contributed by atoms with Crippen molar-refractivity contribution in [2.45, 2.75) is 13.1 Å². The van der Waals surface area contributed by atoms with Gasteiger partial charge in [-0.05, 0) is 17.2 Å². The van der Waals surface area contributed by atoms with Crippen LogP contribution in [0.4, 0.5) is 0 Å². The fourth-order valence-electron chi connectivity index (χ4n) is 2.87. The van der Waals surface area contributed by atoms with Crippen LogP contribution in [0.25, 0.3) is 11.0 Å². The molecule has 24 heavy (non-hydrogen) atoms. The Balaban J connectivity index is 1.72. The molecule has 4 aromatic rings. The second-order valence-corrected chi connectivity index (χ2v) is 5.75. The van der Waals surface area contributed by atoms with Gasteiger partial charge in [0, 0.05) is 6.20 Å². The Labute approximate surface area is 141 Å². The zero-order valence-corrected chi connectivity index (χ0v) is 13.3. The Kier molecular flexibility index (Phi) is 3.94. The van der Waals surface area contributed by atoms with Crippen molar-refractivity contribution in [2.24, 2.45) is 0 Å². The zero-order chi connectivity index (χ0) is 16.2. The SMILES string of the molecule is c1ccc(CN(Cc2ccccc2)n2cnc3cnccc32)cc1. The molecule has 118 valence electrons. The molecule has 2 aromatic heterocycles.